The Hall–Kier alpha value is -1.06. The van der Waals surface area contributed by atoms with Crippen molar-refractivity contribution in [2.75, 3.05) is 6.61 Å². The van der Waals surface area contributed by atoms with E-state index < -0.39 is 17.3 Å². The minimum Gasteiger partial charge on any atom is -0.465 e. The van der Waals surface area contributed by atoms with Crippen molar-refractivity contribution in [3.05, 3.63) is 0 Å². The minimum absolute atomic E-state index is 0.196. The van der Waals surface area contributed by atoms with Gasteiger partial charge in [-0.15, -0.1) is 0 Å². The fourth-order valence-corrected chi connectivity index (χ4v) is 2.38. The van der Waals surface area contributed by atoms with Crippen LogP contribution in [0.1, 0.15) is 47.5 Å². The standard InChI is InChI=1S/C14H25NO3/c1-6-18-13(17)11(14(3,4)5)12(16)15-10-7-9(2)8-10/h9-11H,6-8H2,1-5H3,(H,15,16). The fraction of sp³-hybridized carbons (Fsp3) is 0.857. The van der Waals surface area contributed by atoms with E-state index in [2.05, 4.69) is 12.2 Å². The van der Waals surface area contributed by atoms with E-state index in [1.165, 1.54) is 0 Å². The third-order valence-electron chi connectivity index (χ3n) is 3.37. The summed E-state index contributed by atoms with van der Waals surface area (Å²) >= 11 is 0. The van der Waals surface area contributed by atoms with Crippen LogP contribution in [0.2, 0.25) is 0 Å². The second kappa shape index (κ2) is 5.72. The lowest BCUT2D eigenvalue weighted by molar-refractivity contribution is -0.157. The number of hydrogen-bond donors (Lipinski definition) is 1. The van der Waals surface area contributed by atoms with Gasteiger partial charge in [-0.3, -0.25) is 9.59 Å². The molecule has 0 spiro atoms. The highest BCUT2D eigenvalue weighted by molar-refractivity contribution is 5.98. The molecule has 1 rings (SSSR count). The molecule has 0 aliphatic heterocycles. The molecule has 1 saturated carbocycles. The Balaban J connectivity index is 2.65. The minimum atomic E-state index is -0.728. The van der Waals surface area contributed by atoms with E-state index in [0.717, 1.165) is 12.8 Å². The quantitative estimate of drug-likeness (QED) is 0.618. The van der Waals surface area contributed by atoms with Crippen LogP contribution in [-0.4, -0.2) is 24.5 Å². The molecule has 1 N–H and O–H groups in total. The van der Waals surface area contributed by atoms with Gasteiger partial charge in [0.2, 0.25) is 5.91 Å². The summed E-state index contributed by atoms with van der Waals surface area (Å²) in [5, 5.41) is 2.95. The Morgan fingerprint density at radius 1 is 1.33 bits per heavy atom. The molecule has 1 unspecified atom stereocenters. The van der Waals surface area contributed by atoms with Crippen molar-refractivity contribution >= 4 is 11.9 Å². The summed E-state index contributed by atoms with van der Waals surface area (Å²) in [5.74, 6) is -0.674. The van der Waals surface area contributed by atoms with Gasteiger partial charge in [0.15, 0.2) is 0 Å². The number of nitrogens with one attached hydrogen (secondary N) is 1. The van der Waals surface area contributed by atoms with Crippen molar-refractivity contribution in [1.82, 2.24) is 5.32 Å². The summed E-state index contributed by atoms with van der Waals surface area (Å²) in [7, 11) is 0. The molecule has 18 heavy (non-hydrogen) atoms. The fourth-order valence-electron chi connectivity index (χ4n) is 2.38. The third-order valence-corrected chi connectivity index (χ3v) is 3.37. The number of amides is 1. The van der Waals surface area contributed by atoms with E-state index in [4.69, 9.17) is 4.74 Å². The van der Waals surface area contributed by atoms with E-state index in [0.29, 0.717) is 12.5 Å². The SMILES string of the molecule is CCOC(=O)C(C(=O)NC1CC(C)C1)C(C)(C)C. The average molecular weight is 255 g/mol. The summed E-state index contributed by atoms with van der Waals surface area (Å²) in [6.45, 7) is 9.88. The summed E-state index contributed by atoms with van der Waals surface area (Å²) in [5.41, 5.74) is -0.425. The molecule has 4 nitrogen and oxygen atoms in total. The second-order valence-corrected chi connectivity index (χ2v) is 6.33. The average Bonchev–Trinajstić information content (AvgIpc) is 2.13. The molecule has 0 bridgehead atoms. The van der Waals surface area contributed by atoms with E-state index >= 15 is 0 Å². The topological polar surface area (TPSA) is 55.4 Å². The molecule has 1 fully saturated rings. The molecule has 0 aromatic heterocycles. The van der Waals surface area contributed by atoms with Crippen LogP contribution in [0.4, 0.5) is 0 Å². The molecular weight excluding hydrogens is 230 g/mol. The van der Waals surface area contributed by atoms with Crippen molar-refractivity contribution in [2.24, 2.45) is 17.3 Å². The van der Waals surface area contributed by atoms with Crippen LogP contribution in [0.25, 0.3) is 0 Å². The largest absolute Gasteiger partial charge is 0.465 e. The summed E-state index contributed by atoms with van der Waals surface area (Å²) < 4.78 is 5.01. The lowest BCUT2D eigenvalue weighted by atomic mass is 9.78. The highest BCUT2D eigenvalue weighted by atomic mass is 16.5. The number of carbonyl (C=O) groups excluding carboxylic acids is 2. The molecular formula is C14H25NO3. The van der Waals surface area contributed by atoms with Gasteiger partial charge in [0, 0.05) is 6.04 Å². The van der Waals surface area contributed by atoms with Gasteiger partial charge in [-0.2, -0.15) is 0 Å². The van der Waals surface area contributed by atoms with Gasteiger partial charge in [-0.05, 0) is 31.1 Å². The van der Waals surface area contributed by atoms with Crippen LogP contribution in [-0.2, 0) is 14.3 Å². The first-order chi connectivity index (χ1) is 8.25. The molecule has 1 amide bonds. The molecule has 0 saturated heterocycles. The highest BCUT2D eigenvalue weighted by Crippen LogP contribution is 2.30. The number of esters is 1. The number of rotatable bonds is 4. The third kappa shape index (κ3) is 3.72. The predicted octanol–water partition coefficient (Wildman–Crippen LogP) is 2.13. The maximum Gasteiger partial charge on any atom is 0.319 e. The lowest BCUT2D eigenvalue weighted by Gasteiger charge is -2.36. The van der Waals surface area contributed by atoms with Gasteiger partial charge in [-0.25, -0.2) is 0 Å². The van der Waals surface area contributed by atoms with Crippen LogP contribution in [0.15, 0.2) is 0 Å². The van der Waals surface area contributed by atoms with E-state index in [1.807, 2.05) is 20.8 Å². The summed E-state index contributed by atoms with van der Waals surface area (Å²) in [6, 6.07) is 0.228. The van der Waals surface area contributed by atoms with Gasteiger partial charge < -0.3 is 10.1 Å². The Bertz CT molecular complexity index is 313. The van der Waals surface area contributed by atoms with Crippen molar-refractivity contribution in [3.63, 3.8) is 0 Å². The van der Waals surface area contributed by atoms with E-state index in [1.54, 1.807) is 6.92 Å². The normalized spacial score (nSPS) is 24.9. The van der Waals surface area contributed by atoms with Gasteiger partial charge in [0.05, 0.1) is 6.61 Å². The van der Waals surface area contributed by atoms with Gasteiger partial charge in [0.1, 0.15) is 5.92 Å². The first kappa shape index (κ1) is 15.0. The van der Waals surface area contributed by atoms with Crippen LogP contribution in [0.3, 0.4) is 0 Å². The van der Waals surface area contributed by atoms with Crippen LogP contribution < -0.4 is 5.32 Å². The van der Waals surface area contributed by atoms with Crippen LogP contribution >= 0.6 is 0 Å². The van der Waals surface area contributed by atoms with Crippen LogP contribution in [0, 0.1) is 17.3 Å². The Labute approximate surface area is 109 Å². The Morgan fingerprint density at radius 2 is 1.89 bits per heavy atom. The van der Waals surface area contributed by atoms with Gasteiger partial charge >= 0.3 is 5.97 Å². The molecule has 0 heterocycles. The Kier molecular flexibility index (Phi) is 4.77. The number of hydrogen-bond acceptors (Lipinski definition) is 3. The monoisotopic (exact) mass is 255 g/mol. The molecule has 1 atom stereocenters. The highest BCUT2D eigenvalue weighted by Gasteiger charge is 2.40. The van der Waals surface area contributed by atoms with Crippen molar-refractivity contribution in [1.29, 1.82) is 0 Å². The zero-order valence-electron chi connectivity index (χ0n) is 12.1. The first-order valence-electron chi connectivity index (χ1n) is 6.72. The summed E-state index contributed by atoms with van der Waals surface area (Å²) in [4.78, 5) is 24.1. The summed E-state index contributed by atoms with van der Waals surface area (Å²) in [6.07, 6.45) is 2.01. The predicted molar refractivity (Wildman–Crippen MR) is 69.9 cm³/mol. The lowest BCUT2D eigenvalue weighted by Crippen LogP contribution is -2.50. The maximum atomic E-state index is 12.2. The molecule has 0 aromatic carbocycles. The molecule has 0 radical (unpaired) electrons. The molecule has 104 valence electrons. The van der Waals surface area contributed by atoms with Gasteiger partial charge in [0.25, 0.3) is 0 Å². The zero-order chi connectivity index (χ0) is 13.9. The molecule has 1 aliphatic rings. The Morgan fingerprint density at radius 3 is 2.28 bits per heavy atom. The van der Waals surface area contributed by atoms with Crippen LogP contribution in [0.5, 0.6) is 0 Å². The maximum absolute atomic E-state index is 12.2. The molecule has 4 heteroatoms. The first-order valence-corrected chi connectivity index (χ1v) is 6.72. The van der Waals surface area contributed by atoms with Crippen molar-refractivity contribution in [3.8, 4) is 0 Å². The number of ether oxygens (including phenoxy) is 1. The van der Waals surface area contributed by atoms with Crippen molar-refractivity contribution < 1.29 is 14.3 Å². The van der Waals surface area contributed by atoms with E-state index in [-0.39, 0.29) is 11.9 Å². The second-order valence-electron chi connectivity index (χ2n) is 6.33. The smallest absolute Gasteiger partial charge is 0.319 e. The number of carbonyl (C=O) groups is 2. The molecule has 1 aliphatic carbocycles. The molecule has 0 aromatic rings. The zero-order valence-corrected chi connectivity index (χ0v) is 12.1. The van der Waals surface area contributed by atoms with Crippen molar-refractivity contribution in [2.45, 2.75) is 53.5 Å². The van der Waals surface area contributed by atoms with Gasteiger partial charge in [-0.1, -0.05) is 27.7 Å². The van der Waals surface area contributed by atoms with E-state index in [9.17, 15) is 9.59 Å².